The van der Waals surface area contributed by atoms with Crippen LogP contribution in [-0.4, -0.2) is 28.0 Å². The first-order chi connectivity index (χ1) is 7.09. The number of nitrogens with one attached hydrogen (secondary N) is 1. The molecule has 0 bridgehead atoms. The molecule has 1 atom stereocenters. The van der Waals surface area contributed by atoms with Gasteiger partial charge in [0.15, 0.2) is 10.3 Å². The highest BCUT2D eigenvalue weighted by Crippen LogP contribution is 2.20. The lowest BCUT2D eigenvalue weighted by molar-refractivity contribution is 0.183. The Hall–Kier alpha value is -0.580. The van der Waals surface area contributed by atoms with Gasteiger partial charge in [-0.15, -0.1) is 10.2 Å². The van der Waals surface area contributed by atoms with Gasteiger partial charge >= 0.3 is 0 Å². The molecule has 4 nitrogen and oxygen atoms in total. The molecule has 15 heavy (non-hydrogen) atoms. The van der Waals surface area contributed by atoms with Crippen molar-refractivity contribution in [2.45, 2.75) is 25.9 Å². The predicted octanol–water partition coefficient (Wildman–Crippen LogP) is 2.36. The van der Waals surface area contributed by atoms with Crippen LogP contribution >= 0.6 is 23.2 Å². The molecule has 0 amide bonds. The molecule has 2 N–H and O–H groups in total. The highest BCUT2D eigenvalue weighted by Gasteiger charge is 2.03. The average Bonchev–Trinajstić information content (AvgIpc) is 2.17. The van der Waals surface area contributed by atoms with Crippen LogP contribution in [-0.2, 0) is 0 Å². The molecule has 0 aliphatic rings. The average molecular weight is 250 g/mol. The molecule has 6 heteroatoms. The summed E-state index contributed by atoms with van der Waals surface area (Å²) in [6.45, 7) is 2.48. The molecule has 0 aliphatic carbocycles. The van der Waals surface area contributed by atoms with E-state index >= 15 is 0 Å². The largest absolute Gasteiger partial charge is 0.393 e. The molecule has 0 radical (unpaired) electrons. The minimum Gasteiger partial charge on any atom is -0.393 e. The van der Waals surface area contributed by atoms with E-state index in [0.717, 1.165) is 12.8 Å². The Labute approximate surface area is 98.6 Å². The lowest BCUT2D eigenvalue weighted by Crippen LogP contribution is -2.07. The minimum atomic E-state index is -0.276. The van der Waals surface area contributed by atoms with E-state index < -0.39 is 0 Å². The topological polar surface area (TPSA) is 58.0 Å². The van der Waals surface area contributed by atoms with Crippen LogP contribution in [0.15, 0.2) is 6.07 Å². The third kappa shape index (κ3) is 4.64. The zero-order valence-electron chi connectivity index (χ0n) is 8.37. The normalized spacial score (nSPS) is 12.5. The number of aliphatic hydroxyl groups is 1. The molecule has 0 saturated heterocycles. The predicted molar refractivity (Wildman–Crippen MR) is 61.5 cm³/mol. The summed E-state index contributed by atoms with van der Waals surface area (Å²) in [6, 6.07) is 1.62. The van der Waals surface area contributed by atoms with Gasteiger partial charge in [0.05, 0.1) is 11.8 Å². The van der Waals surface area contributed by atoms with Crippen LogP contribution in [0.2, 0.25) is 10.3 Å². The van der Waals surface area contributed by atoms with Crippen molar-refractivity contribution in [2.24, 2.45) is 0 Å². The molecule has 1 heterocycles. The van der Waals surface area contributed by atoms with Gasteiger partial charge in [-0.05, 0) is 19.8 Å². The lowest BCUT2D eigenvalue weighted by atomic mass is 10.2. The van der Waals surface area contributed by atoms with Crippen LogP contribution < -0.4 is 5.32 Å². The summed E-state index contributed by atoms with van der Waals surface area (Å²) < 4.78 is 0. The third-order valence-corrected chi connectivity index (χ3v) is 2.30. The van der Waals surface area contributed by atoms with Crippen molar-refractivity contribution in [1.82, 2.24) is 10.2 Å². The quantitative estimate of drug-likeness (QED) is 0.787. The van der Waals surface area contributed by atoms with Crippen molar-refractivity contribution < 1.29 is 5.11 Å². The van der Waals surface area contributed by atoms with Gasteiger partial charge in [-0.3, -0.25) is 0 Å². The highest BCUT2D eigenvalue weighted by molar-refractivity contribution is 6.33. The number of nitrogens with zero attached hydrogens (tertiary/aromatic N) is 2. The fourth-order valence-corrected chi connectivity index (χ4v) is 1.40. The van der Waals surface area contributed by atoms with E-state index in [0.29, 0.717) is 22.5 Å². The number of rotatable bonds is 5. The van der Waals surface area contributed by atoms with E-state index in [1.165, 1.54) is 0 Å². The minimum absolute atomic E-state index is 0.276. The second-order valence-electron chi connectivity index (χ2n) is 3.29. The maximum atomic E-state index is 9.05. The van der Waals surface area contributed by atoms with Crippen molar-refractivity contribution in [3.05, 3.63) is 16.4 Å². The molecule has 1 aromatic heterocycles. The maximum absolute atomic E-state index is 9.05. The van der Waals surface area contributed by atoms with Gasteiger partial charge in [0.25, 0.3) is 0 Å². The van der Waals surface area contributed by atoms with Gasteiger partial charge in [-0.1, -0.05) is 23.2 Å². The molecule has 0 spiro atoms. The molecule has 1 rings (SSSR count). The van der Waals surface area contributed by atoms with Gasteiger partial charge in [0, 0.05) is 12.6 Å². The smallest absolute Gasteiger partial charge is 0.174 e. The number of anilines is 1. The zero-order chi connectivity index (χ0) is 11.3. The number of hydrogen-bond donors (Lipinski definition) is 2. The summed E-state index contributed by atoms with van der Waals surface area (Å²) in [5.74, 6) is 0. The standard InChI is InChI=1S/C9H13Cl2N3O/c1-6(15)3-2-4-12-7-5-8(10)13-14-9(7)11/h5-6,15H,2-4H2,1H3,(H,12,13). The fraction of sp³-hybridized carbons (Fsp3) is 0.556. The van der Waals surface area contributed by atoms with Crippen molar-refractivity contribution in [1.29, 1.82) is 0 Å². The van der Waals surface area contributed by atoms with Crippen LogP contribution in [0.5, 0.6) is 0 Å². The second kappa shape index (κ2) is 6.10. The van der Waals surface area contributed by atoms with Crippen LogP contribution in [0.3, 0.4) is 0 Å². The summed E-state index contributed by atoms with van der Waals surface area (Å²) >= 11 is 11.5. The van der Waals surface area contributed by atoms with Gasteiger partial charge in [-0.2, -0.15) is 0 Å². The van der Waals surface area contributed by atoms with Crippen molar-refractivity contribution in [3.8, 4) is 0 Å². The highest BCUT2D eigenvalue weighted by atomic mass is 35.5. The Bertz CT molecular complexity index is 320. The van der Waals surface area contributed by atoms with Gasteiger partial charge in [0.2, 0.25) is 0 Å². The Morgan fingerprint density at radius 1 is 1.47 bits per heavy atom. The Morgan fingerprint density at radius 2 is 2.20 bits per heavy atom. The van der Waals surface area contributed by atoms with Gasteiger partial charge < -0.3 is 10.4 Å². The Morgan fingerprint density at radius 3 is 2.87 bits per heavy atom. The van der Waals surface area contributed by atoms with E-state index in [-0.39, 0.29) is 6.10 Å². The SMILES string of the molecule is CC(O)CCCNc1cc(Cl)nnc1Cl. The number of hydrogen-bond acceptors (Lipinski definition) is 4. The summed E-state index contributed by atoms with van der Waals surface area (Å²) in [4.78, 5) is 0. The van der Waals surface area contributed by atoms with E-state index in [1.807, 2.05) is 0 Å². The molecule has 0 aromatic carbocycles. The summed E-state index contributed by atoms with van der Waals surface area (Å²) in [5.41, 5.74) is 0.669. The first-order valence-corrected chi connectivity index (χ1v) is 5.46. The molecule has 0 fully saturated rings. The molecular weight excluding hydrogens is 237 g/mol. The molecule has 84 valence electrons. The number of aromatic nitrogens is 2. The third-order valence-electron chi connectivity index (χ3n) is 1.83. The monoisotopic (exact) mass is 249 g/mol. The first-order valence-electron chi connectivity index (χ1n) is 4.70. The van der Waals surface area contributed by atoms with E-state index in [2.05, 4.69) is 15.5 Å². The van der Waals surface area contributed by atoms with E-state index in [1.54, 1.807) is 13.0 Å². The maximum Gasteiger partial charge on any atom is 0.174 e. The molecule has 1 unspecified atom stereocenters. The fourth-order valence-electron chi connectivity index (χ4n) is 1.10. The van der Waals surface area contributed by atoms with Crippen LogP contribution in [0.1, 0.15) is 19.8 Å². The summed E-state index contributed by atoms with van der Waals surface area (Å²) in [6.07, 6.45) is 1.33. The zero-order valence-corrected chi connectivity index (χ0v) is 9.89. The summed E-state index contributed by atoms with van der Waals surface area (Å²) in [7, 11) is 0. The second-order valence-corrected chi connectivity index (χ2v) is 4.03. The van der Waals surface area contributed by atoms with E-state index in [9.17, 15) is 0 Å². The van der Waals surface area contributed by atoms with Crippen LogP contribution in [0.25, 0.3) is 0 Å². The first kappa shape index (κ1) is 12.5. The number of halogens is 2. The van der Waals surface area contributed by atoms with Crippen molar-refractivity contribution in [2.75, 3.05) is 11.9 Å². The van der Waals surface area contributed by atoms with Crippen molar-refractivity contribution in [3.63, 3.8) is 0 Å². The molecule has 1 aromatic rings. The van der Waals surface area contributed by atoms with Gasteiger partial charge in [-0.25, -0.2) is 0 Å². The van der Waals surface area contributed by atoms with Crippen LogP contribution in [0, 0.1) is 0 Å². The number of aliphatic hydroxyl groups excluding tert-OH is 1. The molecule has 0 aliphatic heterocycles. The Kier molecular flexibility index (Phi) is 5.08. The van der Waals surface area contributed by atoms with Crippen LogP contribution in [0.4, 0.5) is 5.69 Å². The van der Waals surface area contributed by atoms with Gasteiger partial charge in [0.1, 0.15) is 0 Å². The Balaban J connectivity index is 2.40. The molecular formula is C9H13Cl2N3O. The lowest BCUT2D eigenvalue weighted by Gasteiger charge is -2.08. The summed E-state index contributed by atoms with van der Waals surface area (Å²) in [5, 5.41) is 20.0. The molecule has 0 saturated carbocycles. The van der Waals surface area contributed by atoms with Crippen molar-refractivity contribution >= 4 is 28.9 Å². The van der Waals surface area contributed by atoms with E-state index in [4.69, 9.17) is 28.3 Å².